The number of ether oxygens (including phenoxy) is 1. The maximum Gasteiger partial charge on any atom is 0.538 e. The van der Waals surface area contributed by atoms with Gasteiger partial charge in [0.25, 0.3) is 0 Å². The van der Waals surface area contributed by atoms with Gasteiger partial charge >= 0.3 is 8.80 Å². The summed E-state index contributed by atoms with van der Waals surface area (Å²) in [7, 11) is -1.31. The molecule has 5 heteroatoms. The fourth-order valence-electron chi connectivity index (χ4n) is 2.70. The van der Waals surface area contributed by atoms with Crippen molar-refractivity contribution in [2.24, 2.45) is 0 Å². The van der Waals surface area contributed by atoms with Crippen LogP contribution in [0.15, 0.2) is 24.3 Å². The highest BCUT2D eigenvalue weighted by Crippen LogP contribution is 2.35. The molecule has 1 fully saturated rings. The van der Waals surface area contributed by atoms with Crippen LogP contribution in [0.5, 0.6) is 5.75 Å². The van der Waals surface area contributed by atoms with Gasteiger partial charge in [-0.15, -0.1) is 0 Å². The third kappa shape index (κ3) is 3.90. The minimum absolute atomic E-state index is 0.269. The summed E-state index contributed by atoms with van der Waals surface area (Å²) in [6.07, 6.45) is 1.88. The lowest BCUT2D eigenvalue weighted by Gasteiger charge is -2.37. The first-order valence-electron chi connectivity index (χ1n) is 7.91. The second kappa shape index (κ2) is 6.32. The van der Waals surface area contributed by atoms with Crippen molar-refractivity contribution in [2.45, 2.75) is 58.7 Å². The third-order valence-corrected chi connectivity index (χ3v) is 7.28. The van der Waals surface area contributed by atoms with Gasteiger partial charge in [0, 0.05) is 11.8 Å². The van der Waals surface area contributed by atoms with Crippen molar-refractivity contribution in [3.05, 3.63) is 24.3 Å². The summed E-state index contributed by atoms with van der Waals surface area (Å²) in [6, 6.07) is 7.86. The lowest BCUT2D eigenvalue weighted by atomic mass is 9.94. The highest BCUT2D eigenvalue weighted by atomic mass is 28.4. The summed E-state index contributed by atoms with van der Waals surface area (Å²) < 4.78 is 24.3. The number of benzene rings is 1. The predicted molar refractivity (Wildman–Crippen MR) is 89.6 cm³/mol. The monoisotopic (exact) mass is 324 g/mol. The molecule has 0 spiro atoms. The van der Waals surface area contributed by atoms with Gasteiger partial charge in [-0.3, -0.25) is 0 Å². The van der Waals surface area contributed by atoms with Crippen molar-refractivity contribution in [2.75, 3.05) is 13.7 Å². The van der Waals surface area contributed by atoms with Crippen LogP contribution in [0.3, 0.4) is 0 Å². The van der Waals surface area contributed by atoms with Gasteiger partial charge in [-0.2, -0.15) is 0 Å². The maximum absolute atomic E-state index is 6.48. The number of rotatable bonds is 4. The van der Waals surface area contributed by atoms with E-state index in [1.165, 1.54) is 0 Å². The molecule has 2 rings (SSSR count). The molecule has 0 aromatic heterocycles. The van der Waals surface area contributed by atoms with Gasteiger partial charge in [0.05, 0.1) is 18.3 Å². The van der Waals surface area contributed by atoms with Crippen molar-refractivity contribution >= 4 is 14.0 Å². The average Bonchev–Trinajstić information content (AvgIpc) is 2.54. The van der Waals surface area contributed by atoms with Crippen molar-refractivity contribution in [1.29, 1.82) is 0 Å². The molecule has 22 heavy (non-hydrogen) atoms. The Morgan fingerprint density at radius 1 is 1.00 bits per heavy atom. The third-order valence-electron chi connectivity index (χ3n) is 3.93. The Kier molecular flexibility index (Phi) is 5.02. The predicted octanol–water partition coefficient (Wildman–Crippen LogP) is 3.26. The molecule has 124 valence electrons. The Bertz CT molecular complexity index is 478. The van der Waals surface area contributed by atoms with Crippen LogP contribution in [-0.2, 0) is 13.3 Å². The van der Waals surface area contributed by atoms with Crippen LogP contribution in [0.4, 0.5) is 0 Å². The highest BCUT2D eigenvalue weighted by Gasteiger charge is 2.53. The number of hydrogen-bond acceptors (Lipinski definition) is 4. The van der Waals surface area contributed by atoms with Gasteiger partial charge in [0.15, 0.2) is 0 Å². The van der Waals surface area contributed by atoms with Gasteiger partial charge in [-0.1, -0.05) is 12.1 Å². The normalized spacial score (nSPS) is 22.8. The van der Waals surface area contributed by atoms with Crippen LogP contribution in [0, 0.1) is 0 Å². The molecule has 0 aliphatic carbocycles. The maximum atomic E-state index is 6.48. The molecule has 1 heterocycles. The highest BCUT2D eigenvalue weighted by molar-refractivity contribution is 6.75. The smallest absolute Gasteiger partial charge is 0.497 e. The van der Waals surface area contributed by atoms with Crippen LogP contribution >= 0.6 is 0 Å². The quantitative estimate of drug-likeness (QED) is 0.797. The Morgan fingerprint density at radius 2 is 1.50 bits per heavy atom. The van der Waals surface area contributed by atoms with Gasteiger partial charge in [0.2, 0.25) is 0 Å². The first-order chi connectivity index (χ1) is 10.2. The van der Waals surface area contributed by atoms with E-state index in [1.54, 1.807) is 7.11 Å². The molecule has 1 aromatic carbocycles. The molecule has 0 radical (unpaired) electrons. The summed E-state index contributed by atoms with van der Waals surface area (Å²) in [5.41, 5.74) is -0.538. The van der Waals surface area contributed by atoms with E-state index in [9.17, 15) is 0 Å². The minimum atomic E-state index is -2.97. The molecule has 1 saturated heterocycles. The van der Waals surface area contributed by atoms with Crippen molar-refractivity contribution in [1.82, 2.24) is 0 Å². The molecule has 4 nitrogen and oxygen atoms in total. The minimum Gasteiger partial charge on any atom is -0.497 e. The number of methoxy groups -OCH3 is 1. The summed E-state index contributed by atoms with van der Waals surface area (Å²) >= 11 is 0. The molecule has 0 atom stereocenters. The molecule has 0 saturated carbocycles. The largest absolute Gasteiger partial charge is 0.538 e. The first kappa shape index (κ1) is 17.5. The molecule has 0 N–H and O–H groups in total. The van der Waals surface area contributed by atoms with Crippen LogP contribution in [-0.4, -0.2) is 33.7 Å². The van der Waals surface area contributed by atoms with E-state index in [0.29, 0.717) is 6.61 Å². The summed E-state index contributed by atoms with van der Waals surface area (Å²) in [6.45, 7) is 11.0. The molecule has 0 unspecified atom stereocenters. The number of hydrogen-bond donors (Lipinski definition) is 0. The lowest BCUT2D eigenvalue weighted by molar-refractivity contribution is -0.0115. The van der Waals surface area contributed by atoms with Crippen molar-refractivity contribution in [3.8, 4) is 5.75 Å². The fourth-order valence-corrected chi connectivity index (χ4v) is 5.87. The Labute approximate surface area is 135 Å². The van der Waals surface area contributed by atoms with Gasteiger partial charge < -0.3 is 18.0 Å². The van der Waals surface area contributed by atoms with E-state index >= 15 is 0 Å². The van der Waals surface area contributed by atoms with Gasteiger partial charge in [-0.25, -0.2) is 0 Å². The van der Waals surface area contributed by atoms with Gasteiger partial charge in [0.1, 0.15) is 5.75 Å². The standard InChI is InChI=1S/C17H28O4Si/c1-7-19-22(15-10-8-14(18-6)9-11-15)20-16(2,3)12-13-17(4,5)21-22/h8-11H,7,12-13H2,1-6H3. The topological polar surface area (TPSA) is 36.9 Å². The molecular weight excluding hydrogens is 296 g/mol. The van der Waals surface area contributed by atoms with Crippen LogP contribution in [0.2, 0.25) is 0 Å². The lowest BCUT2D eigenvalue weighted by Crippen LogP contribution is -2.61. The van der Waals surface area contributed by atoms with E-state index in [1.807, 2.05) is 31.2 Å². The van der Waals surface area contributed by atoms with E-state index in [4.69, 9.17) is 18.0 Å². The zero-order valence-corrected chi connectivity index (χ0v) is 15.6. The molecule has 1 aromatic rings. The Balaban J connectivity index is 2.47. The molecule has 0 bridgehead atoms. The summed E-state index contributed by atoms with van der Waals surface area (Å²) in [5, 5.41) is 0.984. The van der Waals surface area contributed by atoms with E-state index < -0.39 is 8.80 Å². The second-order valence-corrected chi connectivity index (χ2v) is 9.33. The van der Waals surface area contributed by atoms with Crippen LogP contribution < -0.4 is 9.92 Å². The van der Waals surface area contributed by atoms with Crippen LogP contribution in [0.1, 0.15) is 47.5 Å². The summed E-state index contributed by atoms with van der Waals surface area (Å²) in [5.74, 6) is 0.816. The van der Waals surface area contributed by atoms with E-state index in [-0.39, 0.29) is 11.2 Å². The SMILES string of the molecule is CCO[Si]1(c2ccc(OC)cc2)OC(C)(C)CCC(C)(C)O1. The first-order valence-corrected chi connectivity index (χ1v) is 9.63. The van der Waals surface area contributed by atoms with Crippen molar-refractivity contribution < 1.29 is 18.0 Å². The van der Waals surface area contributed by atoms with Crippen molar-refractivity contribution in [3.63, 3.8) is 0 Å². The van der Waals surface area contributed by atoms with Gasteiger partial charge in [-0.05, 0) is 59.6 Å². The fraction of sp³-hybridized carbons (Fsp3) is 0.647. The summed E-state index contributed by atoms with van der Waals surface area (Å²) in [4.78, 5) is 0. The average molecular weight is 324 g/mol. The molecule has 0 amide bonds. The van der Waals surface area contributed by atoms with E-state index in [0.717, 1.165) is 23.8 Å². The Hall–Kier alpha value is -0.883. The molecular formula is C17H28O4Si. The van der Waals surface area contributed by atoms with Crippen LogP contribution in [0.25, 0.3) is 0 Å². The molecule has 1 aliphatic rings. The zero-order valence-electron chi connectivity index (χ0n) is 14.6. The Morgan fingerprint density at radius 3 is 1.91 bits per heavy atom. The van der Waals surface area contributed by atoms with E-state index in [2.05, 4.69) is 27.7 Å². The second-order valence-electron chi connectivity index (χ2n) is 6.94. The zero-order chi connectivity index (χ0) is 16.4. The molecule has 1 aliphatic heterocycles.